The molecule has 0 amide bonds. The highest BCUT2D eigenvalue weighted by molar-refractivity contribution is 7.18. The Bertz CT molecular complexity index is 1220. The lowest BCUT2D eigenvalue weighted by atomic mass is 9.86. The summed E-state index contributed by atoms with van der Waals surface area (Å²) in [5, 5.41) is 3.38. The van der Waals surface area contributed by atoms with Crippen LogP contribution in [0.3, 0.4) is 0 Å². The highest BCUT2D eigenvalue weighted by Gasteiger charge is 2.31. The molecule has 1 saturated heterocycles. The summed E-state index contributed by atoms with van der Waals surface area (Å²) in [6.07, 6.45) is 13.2. The second-order valence-corrected chi connectivity index (χ2v) is 14.5. The number of aliphatic imine (C=N–C) groups is 1. The van der Waals surface area contributed by atoms with Crippen molar-refractivity contribution >= 4 is 26.5 Å². The number of benzene rings is 2. The number of hydrogen-bond acceptors (Lipinski definition) is 5. The summed E-state index contributed by atoms with van der Waals surface area (Å²) in [6, 6.07) is 9.49. The monoisotopic (exact) mass is 609 g/mol. The standard InChI is InChI=1S/C34H51FN5P.C2H6/c1-23-27-12-9-13-29(32(27)35)34(2,41)15-14-25-21-40(22-25)17-8-4-3-7-16-38-31-20-30(36)28(33(37)39-23)19-26(31)18-24-10-5-6-11-24;1-2/h9,12-13,19-20,23-25,38H,3-8,10-11,14-18,21-22,36,41H2,1-2H3,(H2,37,39);1-2H3/t23-,34?;/m1./s1. The molecule has 6 aliphatic rings. The fourth-order valence-electron chi connectivity index (χ4n) is 7.12. The molecular formula is C36H57FN5P. The number of nitrogen functional groups attached to an aromatic ring is 1. The molecule has 3 atom stereocenters. The number of nitrogens with zero attached hydrogens (tertiary/aromatic N) is 2. The molecule has 5 aliphatic heterocycles. The van der Waals surface area contributed by atoms with Gasteiger partial charge in [-0.05, 0) is 80.7 Å². The summed E-state index contributed by atoms with van der Waals surface area (Å²) in [5.41, 5.74) is 18.3. The van der Waals surface area contributed by atoms with Crippen LogP contribution >= 0.6 is 9.24 Å². The van der Waals surface area contributed by atoms with Crippen molar-refractivity contribution in [2.45, 2.75) is 110 Å². The SMILES string of the molecule is CC.C[C@H]1N=C(N)c2cc(CC3CCCC3)c(cc2N)NCCCCCCN2CC(CCC(C)(P)c3cccc1c3F)C2. The average molecular weight is 610 g/mol. The summed E-state index contributed by atoms with van der Waals surface area (Å²) < 4.78 is 16.0. The van der Waals surface area contributed by atoms with Crippen LogP contribution in [0.5, 0.6) is 0 Å². The van der Waals surface area contributed by atoms with Crippen LogP contribution in [0.1, 0.15) is 120 Å². The molecule has 6 bridgehead atoms. The zero-order valence-electron chi connectivity index (χ0n) is 27.2. The van der Waals surface area contributed by atoms with Crippen molar-refractivity contribution in [2.75, 3.05) is 37.2 Å². The van der Waals surface area contributed by atoms with Crippen LogP contribution in [0.4, 0.5) is 15.8 Å². The maximum absolute atomic E-state index is 16.0. The molecule has 5 N–H and O–H groups in total. The molecule has 2 unspecified atom stereocenters. The third-order valence-electron chi connectivity index (χ3n) is 9.78. The highest BCUT2D eigenvalue weighted by atomic mass is 31.0. The molecule has 43 heavy (non-hydrogen) atoms. The second kappa shape index (κ2) is 15.7. The minimum atomic E-state index is -0.423. The number of halogens is 1. The van der Waals surface area contributed by atoms with Crippen LogP contribution in [0.2, 0.25) is 0 Å². The van der Waals surface area contributed by atoms with Crippen molar-refractivity contribution in [3.05, 3.63) is 58.4 Å². The van der Waals surface area contributed by atoms with E-state index in [1.165, 1.54) is 70.1 Å². The number of nitrogens with two attached hydrogens (primary N) is 2. The van der Waals surface area contributed by atoms with Gasteiger partial charge in [-0.2, -0.15) is 0 Å². The van der Waals surface area contributed by atoms with Gasteiger partial charge in [0.2, 0.25) is 0 Å². The molecule has 7 heteroatoms. The summed E-state index contributed by atoms with van der Waals surface area (Å²) in [7, 11) is 2.94. The second-order valence-electron chi connectivity index (χ2n) is 13.3. The molecule has 2 fully saturated rings. The summed E-state index contributed by atoms with van der Waals surface area (Å²) in [5.74, 6) is 1.62. The minimum Gasteiger partial charge on any atom is -0.398 e. The largest absolute Gasteiger partial charge is 0.398 e. The van der Waals surface area contributed by atoms with Crippen molar-refractivity contribution in [1.82, 2.24) is 4.90 Å². The molecule has 1 aliphatic carbocycles. The van der Waals surface area contributed by atoms with Crippen molar-refractivity contribution in [3.8, 4) is 0 Å². The topological polar surface area (TPSA) is 79.7 Å². The Kier molecular flexibility index (Phi) is 12.3. The first kappa shape index (κ1) is 33.7. The molecule has 0 radical (unpaired) electrons. The molecule has 238 valence electrons. The average Bonchev–Trinajstić information content (AvgIpc) is 3.47. The molecule has 1 saturated carbocycles. The maximum atomic E-state index is 16.0. The number of hydrogen-bond donors (Lipinski definition) is 3. The first-order valence-corrected chi connectivity index (χ1v) is 17.6. The van der Waals surface area contributed by atoms with Crippen LogP contribution in [0.25, 0.3) is 0 Å². The van der Waals surface area contributed by atoms with Gasteiger partial charge in [0.15, 0.2) is 0 Å². The van der Waals surface area contributed by atoms with E-state index in [1.807, 2.05) is 45.0 Å². The van der Waals surface area contributed by atoms with Crippen LogP contribution in [0.15, 0.2) is 35.3 Å². The van der Waals surface area contributed by atoms with E-state index in [4.69, 9.17) is 16.5 Å². The molecule has 2 aromatic rings. The third kappa shape index (κ3) is 8.72. The van der Waals surface area contributed by atoms with E-state index in [1.54, 1.807) is 0 Å². The van der Waals surface area contributed by atoms with E-state index < -0.39 is 6.04 Å². The van der Waals surface area contributed by atoms with Crippen molar-refractivity contribution in [2.24, 2.45) is 22.6 Å². The first-order chi connectivity index (χ1) is 20.7. The smallest absolute Gasteiger partial charge is 0.132 e. The molecule has 5 nitrogen and oxygen atoms in total. The molecule has 8 rings (SSSR count). The Balaban J connectivity index is 0.00000207. The van der Waals surface area contributed by atoms with Gasteiger partial charge in [0.25, 0.3) is 0 Å². The van der Waals surface area contributed by atoms with E-state index in [0.717, 1.165) is 49.0 Å². The van der Waals surface area contributed by atoms with Crippen LogP contribution in [-0.2, 0) is 11.6 Å². The van der Waals surface area contributed by atoms with Gasteiger partial charge >= 0.3 is 0 Å². The minimum absolute atomic E-state index is 0.169. The van der Waals surface area contributed by atoms with Gasteiger partial charge in [-0.3, -0.25) is 4.99 Å². The molecule has 0 spiro atoms. The van der Waals surface area contributed by atoms with Gasteiger partial charge < -0.3 is 21.7 Å². The summed E-state index contributed by atoms with van der Waals surface area (Å²) in [6.45, 7) is 12.6. The van der Waals surface area contributed by atoms with Crippen molar-refractivity contribution in [1.29, 1.82) is 0 Å². The fraction of sp³-hybridized carbons (Fsp3) is 0.639. The predicted octanol–water partition coefficient (Wildman–Crippen LogP) is 8.42. The van der Waals surface area contributed by atoms with Gasteiger partial charge in [-0.1, -0.05) is 77.5 Å². The van der Waals surface area contributed by atoms with E-state index in [0.29, 0.717) is 28.9 Å². The Hall–Kier alpha value is -2.17. The van der Waals surface area contributed by atoms with E-state index in [2.05, 4.69) is 32.4 Å². The fourth-order valence-corrected chi connectivity index (χ4v) is 7.51. The van der Waals surface area contributed by atoms with E-state index in [-0.39, 0.29) is 11.0 Å². The lowest BCUT2D eigenvalue weighted by Crippen LogP contribution is -2.47. The Morgan fingerprint density at radius 1 is 1.02 bits per heavy atom. The Morgan fingerprint density at radius 2 is 1.74 bits per heavy atom. The van der Waals surface area contributed by atoms with Gasteiger partial charge in [0.05, 0.1) is 6.04 Å². The molecular weight excluding hydrogens is 552 g/mol. The lowest BCUT2D eigenvalue weighted by Gasteiger charge is -2.41. The summed E-state index contributed by atoms with van der Waals surface area (Å²) >= 11 is 0. The zero-order chi connectivity index (χ0) is 31.0. The molecule has 5 heterocycles. The number of nitrogens with one attached hydrogen (secondary N) is 1. The summed E-state index contributed by atoms with van der Waals surface area (Å²) in [4.78, 5) is 7.39. The van der Waals surface area contributed by atoms with Crippen LogP contribution < -0.4 is 16.8 Å². The zero-order valence-corrected chi connectivity index (χ0v) is 28.4. The first-order valence-electron chi connectivity index (χ1n) is 17.0. The van der Waals surface area contributed by atoms with Crippen molar-refractivity contribution in [3.63, 3.8) is 0 Å². The van der Waals surface area contributed by atoms with Gasteiger partial charge in [0, 0.05) is 47.3 Å². The van der Waals surface area contributed by atoms with Crippen molar-refractivity contribution < 1.29 is 4.39 Å². The lowest BCUT2D eigenvalue weighted by molar-refractivity contribution is 0.0887. The Labute approximate surface area is 263 Å². The number of rotatable bonds is 2. The van der Waals surface area contributed by atoms with Crippen LogP contribution in [-0.4, -0.2) is 36.9 Å². The maximum Gasteiger partial charge on any atom is 0.132 e. The van der Waals surface area contributed by atoms with E-state index in [9.17, 15) is 0 Å². The van der Waals surface area contributed by atoms with Gasteiger partial charge in [-0.15, -0.1) is 9.24 Å². The third-order valence-corrected chi connectivity index (χ3v) is 10.4. The van der Waals surface area contributed by atoms with Crippen LogP contribution in [0, 0.1) is 17.7 Å². The Morgan fingerprint density at radius 3 is 2.49 bits per heavy atom. The number of anilines is 2. The molecule has 2 aromatic carbocycles. The predicted molar refractivity (Wildman–Crippen MR) is 187 cm³/mol. The van der Waals surface area contributed by atoms with E-state index >= 15 is 4.39 Å². The van der Waals surface area contributed by atoms with Gasteiger partial charge in [0.1, 0.15) is 11.7 Å². The normalized spacial score (nSPS) is 27.3. The van der Waals surface area contributed by atoms with Gasteiger partial charge in [-0.25, -0.2) is 4.39 Å². The molecule has 0 aromatic heterocycles. The highest BCUT2D eigenvalue weighted by Crippen LogP contribution is 2.41. The quantitative estimate of drug-likeness (QED) is 0.236. The number of amidine groups is 1.